The molecule has 23 heavy (non-hydrogen) atoms. The fraction of sp³-hybridized carbons (Fsp3) is 0.222. The van der Waals surface area contributed by atoms with Crippen LogP contribution < -0.4 is 10.2 Å². The topological polar surface area (TPSA) is 58.6 Å². The van der Waals surface area contributed by atoms with Gasteiger partial charge in [0.15, 0.2) is 0 Å². The molecule has 0 saturated carbocycles. The van der Waals surface area contributed by atoms with Gasteiger partial charge in [-0.25, -0.2) is 4.79 Å². The highest BCUT2D eigenvalue weighted by Crippen LogP contribution is 2.12. The van der Waals surface area contributed by atoms with Crippen LogP contribution in [0.25, 0.3) is 0 Å². The predicted octanol–water partition coefficient (Wildman–Crippen LogP) is 2.97. The van der Waals surface area contributed by atoms with Crippen molar-refractivity contribution in [2.24, 2.45) is 0 Å². The minimum absolute atomic E-state index is 0.101. The SMILES string of the molecule is CCN(C(=O)CNC(=O)OCc1ccccc1)c1ccccc1. The van der Waals surface area contributed by atoms with E-state index in [1.165, 1.54) is 0 Å². The van der Waals surface area contributed by atoms with E-state index in [0.717, 1.165) is 11.3 Å². The molecule has 2 amide bonds. The Hall–Kier alpha value is -2.82. The number of hydrogen-bond donors (Lipinski definition) is 1. The van der Waals surface area contributed by atoms with E-state index in [2.05, 4.69) is 5.32 Å². The van der Waals surface area contributed by atoms with Crippen molar-refractivity contribution in [1.82, 2.24) is 5.32 Å². The van der Waals surface area contributed by atoms with Gasteiger partial charge in [0.05, 0.1) is 0 Å². The Bertz CT molecular complexity index is 629. The number of carbonyl (C=O) groups is 2. The Kier molecular flexibility index (Phi) is 6.17. The van der Waals surface area contributed by atoms with E-state index in [0.29, 0.717) is 6.54 Å². The molecule has 0 heterocycles. The second kappa shape index (κ2) is 8.58. The van der Waals surface area contributed by atoms with Crippen molar-refractivity contribution in [2.45, 2.75) is 13.5 Å². The number of ether oxygens (including phenoxy) is 1. The van der Waals surface area contributed by atoms with Crippen molar-refractivity contribution in [3.8, 4) is 0 Å². The van der Waals surface area contributed by atoms with Crippen molar-refractivity contribution in [2.75, 3.05) is 18.0 Å². The van der Waals surface area contributed by atoms with Crippen LogP contribution in [0.3, 0.4) is 0 Å². The quantitative estimate of drug-likeness (QED) is 0.892. The highest BCUT2D eigenvalue weighted by Gasteiger charge is 2.14. The molecule has 0 aliphatic carbocycles. The number of amides is 2. The van der Waals surface area contributed by atoms with Crippen LogP contribution in [0.5, 0.6) is 0 Å². The molecule has 0 aliphatic heterocycles. The van der Waals surface area contributed by atoms with Gasteiger partial charge >= 0.3 is 6.09 Å². The van der Waals surface area contributed by atoms with Crippen LogP contribution in [0, 0.1) is 0 Å². The third kappa shape index (κ3) is 5.14. The van der Waals surface area contributed by atoms with Crippen LogP contribution in [0.1, 0.15) is 12.5 Å². The standard InChI is InChI=1S/C18H20N2O3/c1-2-20(16-11-7-4-8-12-16)17(21)13-19-18(22)23-14-15-9-5-3-6-10-15/h3-12H,2,13-14H2,1H3,(H,19,22). The van der Waals surface area contributed by atoms with Crippen molar-refractivity contribution in [3.63, 3.8) is 0 Å². The van der Waals surface area contributed by atoms with Gasteiger partial charge in [-0.15, -0.1) is 0 Å². The number of nitrogens with one attached hydrogen (secondary N) is 1. The first kappa shape index (κ1) is 16.5. The molecule has 5 heteroatoms. The Morgan fingerprint density at radius 3 is 2.22 bits per heavy atom. The Morgan fingerprint density at radius 1 is 1.00 bits per heavy atom. The summed E-state index contributed by atoms with van der Waals surface area (Å²) in [5.74, 6) is -0.185. The molecular formula is C18H20N2O3. The summed E-state index contributed by atoms with van der Waals surface area (Å²) in [6.07, 6.45) is -0.605. The average Bonchev–Trinajstić information content (AvgIpc) is 2.60. The molecule has 0 fully saturated rings. The molecule has 0 atom stereocenters. The van der Waals surface area contributed by atoms with E-state index < -0.39 is 6.09 Å². The molecule has 0 spiro atoms. The summed E-state index contributed by atoms with van der Waals surface area (Å²) in [4.78, 5) is 25.5. The third-order valence-electron chi connectivity index (χ3n) is 3.28. The van der Waals surface area contributed by atoms with Gasteiger partial charge < -0.3 is 15.0 Å². The number of alkyl carbamates (subject to hydrolysis) is 1. The van der Waals surface area contributed by atoms with E-state index in [1.54, 1.807) is 4.90 Å². The molecular weight excluding hydrogens is 292 g/mol. The van der Waals surface area contributed by atoms with Gasteiger partial charge in [-0.2, -0.15) is 0 Å². The first-order chi connectivity index (χ1) is 11.2. The van der Waals surface area contributed by atoms with Gasteiger partial charge in [-0.1, -0.05) is 48.5 Å². The van der Waals surface area contributed by atoms with Gasteiger partial charge in [0.2, 0.25) is 5.91 Å². The van der Waals surface area contributed by atoms with E-state index in [-0.39, 0.29) is 19.1 Å². The lowest BCUT2D eigenvalue weighted by atomic mass is 10.2. The summed E-state index contributed by atoms with van der Waals surface area (Å²) >= 11 is 0. The highest BCUT2D eigenvalue weighted by atomic mass is 16.5. The largest absolute Gasteiger partial charge is 0.445 e. The average molecular weight is 312 g/mol. The van der Waals surface area contributed by atoms with Crippen molar-refractivity contribution in [1.29, 1.82) is 0 Å². The van der Waals surface area contributed by atoms with Gasteiger partial charge in [-0.05, 0) is 24.6 Å². The first-order valence-corrected chi connectivity index (χ1v) is 7.50. The number of carbonyl (C=O) groups excluding carboxylic acids is 2. The number of benzene rings is 2. The molecule has 2 aromatic rings. The normalized spacial score (nSPS) is 9.96. The molecule has 1 N–H and O–H groups in total. The minimum Gasteiger partial charge on any atom is -0.445 e. The Morgan fingerprint density at radius 2 is 1.61 bits per heavy atom. The highest BCUT2D eigenvalue weighted by molar-refractivity contribution is 5.96. The van der Waals surface area contributed by atoms with Crippen molar-refractivity contribution >= 4 is 17.7 Å². The van der Waals surface area contributed by atoms with Crippen LogP contribution in [0.2, 0.25) is 0 Å². The Labute approximate surface area is 135 Å². The van der Waals surface area contributed by atoms with E-state index in [4.69, 9.17) is 4.74 Å². The number of nitrogens with zero attached hydrogens (tertiary/aromatic N) is 1. The van der Waals surface area contributed by atoms with E-state index in [9.17, 15) is 9.59 Å². The summed E-state index contributed by atoms with van der Waals surface area (Å²) in [5.41, 5.74) is 1.70. The predicted molar refractivity (Wildman–Crippen MR) is 89.1 cm³/mol. The number of rotatable bonds is 6. The molecule has 0 saturated heterocycles. The zero-order valence-electron chi connectivity index (χ0n) is 13.1. The summed E-state index contributed by atoms with van der Waals surface area (Å²) in [6, 6.07) is 18.7. The maximum atomic E-state index is 12.2. The van der Waals surface area contributed by atoms with Crippen molar-refractivity contribution < 1.29 is 14.3 Å². The summed E-state index contributed by atoms with van der Waals surface area (Å²) in [5, 5.41) is 2.48. The molecule has 120 valence electrons. The zero-order chi connectivity index (χ0) is 16.5. The number of hydrogen-bond acceptors (Lipinski definition) is 3. The van der Waals surface area contributed by atoms with E-state index >= 15 is 0 Å². The summed E-state index contributed by atoms with van der Waals surface area (Å²) < 4.78 is 5.08. The van der Waals surface area contributed by atoms with Crippen molar-refractivity contribution in [3.05, 3.63) is 66.2 Å². The smallest absolute Gasteiger partial charge is 0.407 e. The fourth-order valence-corrected chi connectivity index (χ4v) is 2.13. The van der Waals surface area contributed by atoms with Crippen LogP contribution >= 0.6 is 0 Å². The van der Waals surface area contributed by atoms with Gasteiger partial charge in [-0.3, -0.25) is 4.79 Å². The number of likely N-dealkylation sites (N-methyl/N-ethyl adjacent to an activating group) is 1. The molecule has 0 aliphatic rings. The minimum atomic E-state index is -0.605. The maximum absolute atomic E-state index is 12.2. The monoisotopic (exact) mass is 312 g/mol. The van der Waals surface area contributed by atoms with Gasteiger partial charge in [0.1, 0.15) is 13.2 Å². The zero-order valence-corrected chi connectivity index (χ0v) is 13.1. The molecule has 5 nitrogen and oxygen atoms in total. The molecule has 2 rings (SSSR count). The maximum Gasteiger partial charge on any atom is 0.407 e. The number of anilines is 1. The Balaban J connectivity index is 1.80. The lowest BCUT2D eigenvalue weighted by Crippen LogP contribution is -2.40. The van der Waals surface area contributed by atoms with Crippen LogP contribution in [-0.2, 0) is 16.1 Å². The van der Waals surface area contributed by atoms with Crippen LogP contribution in [-0.4, -0.2) is 25.1 Å². The summed E-state index contributed by atoms with van der Waals surface area (Å²) in [6.45, 7) is 2.50. The van der Waals surface area contributed by atoms with E-state index in [1.807, 2.05) is 67.6 Å². The lowest BCUT2D eigenvalue weighted by Gasteiger charge is -2.21. The van der Waals surface area contributed by atoms with Crippen LogP contribution in [0.4, 0.5) is 10.5 Å². The fourth-order valence-electron chi connectivity index (χ4n) is 2.13. The summed E-state index contributed by atoms with van der Waals surface area (Å²) in [7, 11) is 0. The second-order valence-corrected chi connectivity index (χ2v) is 4.89. The molecule has 0 bridgehead atoms. The number of para-hydroxylation sites is 1. The lowest BCUT2D eigenvalue weighted by molar-refractivity contribution is -0.117. The third-order valence-corrected chi connectivity index (χ3v) is 3.28. The second-order valence-electron chi connectivity index (χ2n) is 4.89. The van der Waals surface area contributed by atoms with Gasteiger partial charge in [0.25, 0.3) is 0 Å². The first-order valence-electron chi connectivity index (χ1n) is 7.50. The van der Waals surface area contributed by atoms with Gasteiger partial charge in [0, 0.05) is 12.2 Å². The molecule has 0 radical (unpaired) electrons. The molecule has 2 aromatic carbocycles. The molecule has 0 unspecified atom stereocenters. The molecule has 0 aromatic heterocycles. The van der Waals surface area contributed by atoms with Crippen LogP contribution in [0.15, 0.2) is 60.7 Å².